The van der Waals surface area contributed by atoms with Crippen LogP contribution < -0.4 is 0 Å². The zero-order chi connectivity index (χ0) is 14.6. The first kappa shape index (κ1) is 19.3. The third-order valence-corrected chi connectivity index (χ3v) is 2.17. The number of hydrogen-bond acceptors (Lipinski definition) is 2. The van der Waals surface area contributed by atoms with Gasteiger partial charge in [-0.1, -0.05) is 30.7 Å². The van der Waals surface area contributed by atoms with E-state index in [0.29, 0.717) is 5.92 Å². The van der Waals surface area contributed by atoms with Crippen LogP contribution in [0.3, 0.4) is 0 Å². The van der Waals surface area contributed by atoms with Crippen LogP contribution >= 0.6 is 0 Å². The van der Waals surface area contributed by atoms with Crippen molar-refractivity contribution >= 4 is 5.97 Å². The molecule has 0 rings (SSSR count). The summed E-state index contributed by atoms with van der Waals surface area (Å²) in [6, 6.07) is 0. The van der Waals surface area contributed by atoms with Crippen molar-refractivity contribution in [3.63, 3.8) is 0 Å². The van der Waals surface area contributed by atoms with Crippen LogP contribution in [0.5, 0.6) is 0 Å². The van der Waals surface area contributed by atoms with Gasteiger partial charge >= 0.3 is 0 Å². The fourth-order valence-electron chi connectivity index (χ4n) is 1.28. The minimum Gasteiger partial charge on any atom is -0.481 e. The maximum atomic E-state index is 9.02. The molecule has 0 radical (unpaired) electrons. The summed E-state index contributed by atoms with van der Waals surface area (Å²) < 4.78 is 0. The lowest BCUT2D eigenvalue weighted by Gasteiger charge is -2.06. The second kappa shape index (κ2) is 12.4. The average Bonchev–Trinajstić information content (AvgIpc) is 2.15. The van der Waals surface area contributed by atoms with Gasteiger partial charge in [0.2, 0.25) is 0 Å². The van der Waals surface area contributed by atoms with E-state index in [2.05, 4.69) is 32.9 Å². The predicted octanol–water partition coefficient (Wildman–Crippen LogP) is 3.79. The molecule has 0 spiro atoms. The van der Waals surface area contributed by atoms with Crippen molar-refractivity contribution in [2.24, 2.45) is 5.92 Å². The van der Waals surface area contributed by atoms with Crippen LogP contribution in [0.4, 0.5) is 0 Å². The fourth-order valence-corrected chi connectivity index (χ4v) is 1.28. The number of allylic oxidation sites excluding steroid dienone is 3. The van der Waals surface area contributed by atoms with Gasteiger partial charge in [-0.2, -0.15) is 0 Å². The van der Waals surface area contributed by atoms with Gasteiger partial charge in [0.1, 0.15) is 0 Å². The highest BCUT2D eigenvalue weighted by atomic mass is 16.4. The minimum absolute atomic E-state index is 0.306. The Bertz CT molecular complexity index is 257. The van der Waals surface area contributed by atoms with Crippen molar-refractivity contribution in [1.82, 2.24) is 0 Å². The van der Waals surface area contributed by atoms with E-state index in [9.17, 15) is 0 Å². The van der Waals surface area contributed by atoms with Gasteiger partial charge in [0.05, 0.1) is 6.10 Å². The molecular formula is C15H28O3. The van der Waals surface area contributed by atoms with Gasteiger partial charge in [0.15, 0.2) is 0 Å². The fraction of sp³-hybridized carbons (Fsp3) is 0.667. The minimum atomic E-state index is -0.833. The highest BCUT2D eigenvalue weighted by Gasteiger charge is 1.97. The molecule has 2 N–H and O–H groups in total. The molecule has 0 bridgehead atoms. The van der Waals surface area contributed by atoms with E-state index < -0.39 is 5.97 Å². The van der Waals surface area contributed by atoms with Crippen LogP contribution in [-0.2, 0) is 4.79 Å². The molecule has 0 saturated heterocycles. The number of aliphatic hydroxyl groups is 1. The summed E-state index contributed by atoms with van der Waals surface area (Å²) in [5, 5.41) is 16.4. The Hall–Kier alpha value is -1.09. The van der Waals surface area contributed by atoms with E-state index in [1.54, 1.807) is 6.92 Å². The number of carboxylic acids is 1. The highest BCUT2D eigenvalue weighted by molar-refractivity contribution is 5.62. The first-order chi connectivity index (χ1) is 8.25. The quantitative estimate of drug-likeness (QED) is 0.711. The standard InChI is InChI=1S/C13H24O.C2H4O2/c1-11(2)7-5-8-12(3)9-6-10-13(4)14;1-2(3)4/h6-7,10,12-14H,5,8-9H2,1-4H3;1H3,(H,3,4)/t12-,13-;/m1./s1. The Morgan fingerprint density at radius 2 is 1.72 bits per heavy atom. The van der Waals surface area contributed by atoms with Crippen molar-refractivity contribution in [2.45, 2.75) is 60.0 Å². The SMILES string of the molecule is CC(=O)O.CC(C)=CCC[C@@H](C)CC=C[C@@H](C)O. The molecule has 0 unspecified atom stereocenters. The van der Waals surface area contributed by atoms with Gasteiger partial charge in [-0.05, 0) is 46.0 Å². The van der Waals surface area contributed by atoms with Crippen molar-refractivity contribution in [2.75, 3.05) is 0 Å². The monoisotopic (exact) mass is 256 g/mol. The first-order valence-electron chi connectivity index (χ1n) is 6.43. The lowest BCUT2D eigenvalue weighted by molar-refractivity contribution is -0.134. The van der Waals surface area contributed by atoms with Gasteiger partial charge in [-0.25, -0.2) is 0 Å². The summed E-state index contributed by atoms with van der Waals surface area (Å²) >= 11 is 0. The molecule has 0 saturated carbocycles. The lowest BCUT2D eigenvalue weighted by atomic mass is 10.0. The molecule has 0 aromatic rings. The van der Waals surface area contributed by atoms with E-state index in [0.717, 1.165) is 13.3 Å². The van der Waals surface area contributed by atoms with Gasteiger partial charge in [-0.3, -0.25) is 4.79 Å². The number of carbonyl (C=O) groups is 1. The van der Waals surface area contributed by atoms with E-state index in [4.69, 9.17) is 15.0 Å². The largest absolute Gasteiger partial charge is 0.481 e. The van der Waals surface area contributed by atoms with Gasteiger partial charge in [-0.15, -0.1) is 0 Å². The van der Waals surface area contributed by atoms with Crippen molar-refractivity contribution in [1.29, 1.82) is 0 Å². The lowest BCUT2D eigenvalue weighted by Crippen LogP contribution is -1.95. The second-order valence-corrected chi connectivity index (χ2v) is 4.89. The van der Waals surface area contributed by atoms with Crippen LogP contribution in [0.15, 0.2) is 23.8 Å². The molecule has 18 heavy (non-hydrogen) atoms. The average molecular weight is 256 g/mol. The topological polar surface area (TPSA) is 57.5 Å². The Morgan fingerprint density at radius 1 is 1.22 bits per heavy atom. The number of aliphatic carboxylic acids is 1. The molecule has 0 aliphatic carbocycles. The van der Waals surface area contributed by atoms with Crippen LogP contribution in [0.2, 0.25) is 0 Å². The summed E-state index contributed by atoms with van der Waals surface area (Å²) in [7, 11) is 0. The van der Waals surface area contributed by atoms with E-state index >= 15 is 0 Å². The summed E-state index contributed by atoms with van der Waals surface area (Å²) in [6.45, 7) is 9.39. The van der Waals surface area contributed by atoms with Gasteiger partial charge < -0.3 is 10.2 Å². The van der Waals surface area contributed by atoms with Crippen LogP contribution in [0, 0.1) is 5.92 Å². The maximum Gasteiger partial charge on any atom is 0.300 e. The Balaban J connectivity index is 0. The molecule has 2 atom stereocenters. The molecule has 0 aliphatic heterocycles. The number of rotatable bonds is 6. The molecule has 0 amide bonds. The summed E-state index contributed by atoms with van der Waals surface area (Å²) in [5.41, 5.74) is 1.40. The molecule has 106 valence electrons. The molecule has 0 aromatic carbocycles. The Morgan fingerprint density at radius 3 is 2.11 bits per heavy atom. The molecule has 0 aliphatic rings. The number of aliphatic hydroxyl groups excluding tert-OH is 1. The van der Waals surface area contributed by atoms with Crippen LogP contribution in [-0.4, -0.2) is 22.3 Å². The van der Waals surface area contributed by atoms with Gasteiger partial charge in [0, 0.05) is 6.92 Å². The summed E-state index contributed by atoms with van der Waals surface area (Å²) in [5.74, 6) is -0.124. The Kier molecular flexibility index (Phi) is 13.2. The zero-order valence-electron chi connectivity index (χ0n) is 12.3. The van der Waals surface area contributed by atoms with Crippen LogP contribution in [0.25, 0.3) is 0 Å². The normalized spacial score (nSPS) is 13.4. The molecule has 0 heterocycles. The van der Waals surface area contributed by atoms with Gasteiger partial charge in [0.25, 0.3) is 5.97 Å². The zero-order valence-corrected chi connectivity index (χ0v) is 12.3. The smallest absolute Gasteiger partial charge is 0.300 e. The maximum absolute atomic E-state index is 9.02. The molecule has 0 aromatic heterocycles. The van der Waals surface area contributed by atoms with Crippen molar-refractivity contribution in [3.05, 3.63) is 23.8 Å². The Labute approximate surface area is 111 Å². The molecule has 0 fully saturated rings. The third-order valence-electron chi connectivity index (χ3n) is 2.17. The summed E-state index contributed by atoms with van der Waals surface area (Å²) in [6.07, 6.45) is 9.40. The van der Waals surface area contributed by atoms with Crippen molar-refractivity contribution < 1.29 is 15.0 Å². The summed E-state index contributed by atoms with van der Waals surface area (Å²) in [4.78, 5) is 9.00. The van der Waals surface area contributed by atoms with E-state index in [-0.39, 0.29) is 6.10 Å². The van der Waals surface area contributed by atoms with Crippen LogP contribution in [0.1, 0.15) is 53.9 Å². The number of hydrogen-bond donors (Lipinski definition) is 2. The molecule has 3 nitrogen and oxygen atoms in total. The number of carboxylic acid groups (broad SMARTS) is 1. The molecular weight excluding hydrogens is 228 g/mol. The predicted molar refractivity (Wildman–Crippen MR) is 76.6 cm³/mol. The van der Waals surface area contributed by atoms with Crippen molar-refractivity contribution in [3.8, 4) is 0 Å². The first-order valence-corrected chi connectivity index (χ1v) is 6.43. The third kappa shape index (κ3) is 24.2. The molecule has 3 heteroatoms. The highest BCUT2D eigenvalue weighted by Crippen LogP contribution is 2.12. The van der Waals surface area contributed by atoms with E-state index in [1.165, 1.54) is 18.4 Å². The van der Waals surface area contributed by atoms with E-state index in [1.807, 2.05) is 6.08 Å². The second-order valence-electron chi connectivity index (χ2n) is 4.89.